The summed E-state index contributed by atoms with van der Waals surface area (Å²) in [5.41, 5.74) is 2.51. The Balaban J connectivity index is 1.79. The fourth-order valence-electron chi connectivity index (χ4n) is 2.87. The predicted molar refractivity (Wildman–Crippen MR) is 120 cm³/mol. The monoisotopic (exact) mass is 469 g/mol. The lowest BCUT2D eigenvalue weighted by Crippen LogP contribution is -2.30. The molecular formula is C21H16BrN3OS2. The lowest BCUT2D eigenvalue weighted by Gasteiger charge is -2.20. The molecule has 0 atom stereocenters. The van der Waals surface area contributed by atoms with E-state index in [1.807, 2.05) is 54.8 Å². The van der Waals surface area contributed by atoms with E-state index in [0.29, 0.717) is 17.2 Å². The summed E-state index contributed by atoms with van der Waals surface area (Å²) in [6.45, 7) is 0.410. The molecule has 7 heteroatoms. The van der Waals surface area contributed by atoms with E-state index in [1.165, 1.54) is 11.3 Å². The number of thioether (sulfide) groups is 1. The number of hydrogen-bond donors (Lipinski definition) is 0. The topological polar surface area (TPSA) is 46.1 Å². The second-order valence-electron chi connectivity index (χ2n) is 6.07. The molecule has 4 nitrogen and oxygen atoms in total. The van der Waals surface area contributed by atoms with Crippen molar-refractivity contribution in [3.63, 3.8) is 0 Å². The third kappa shape index (κ3) is 3.97. The molecule has 2 aromatic carbocycles. The number of carbonyl (C=O) groups excluding carboxylic acids is 1. The summed E-state index contributed by atoms with van der Waals surface area (Å²) in [6, 6.07) is 17.4. The van der Waals surface area contributed by atoms with Crippen LogP contribution in [0, 0.1) is 0 Å². The third-order valence-electron chi connectivity index (χ3n) is 4.20. The number of aromatic nitrogens is 2. The van der Waals surface area contributed by atoms with Crippen LogP contribution >= 0.6 is 39.0 Å². The van der Waals surface area contributed by atoms with Crippen LogP contribution in [0.1, 0.15) is 15.9 Å². The van der Waals surface area contributed by atoms with Gasteiger partial charge in [-0.15, -0.1) is 11.8 Å². The first-order valence-corrected chi connectivity index (χ1v) is 11.4. The van der Waals surface area contributed by atoms with E-state index in [-0.39, 0.29) is 5.91 Å². The van der Waals surface area contributed by atoms with Crippen LogP contribution in [0.15, 0.2) is 76.4 Å². The van der Waals surface area contributed by atoms with Gasteiger partial charge < -0.3 is 0 Å². The number of halogens is 1. The van der Waals surface area contributed by atoms with Gasteiger partial charge >= 0.3 is 0 Å². The van der Waals surface area contributed by atoms with Crippen LogP contribution in [-0.2, 0) is 6.54 Å². The predicted octanol–water partition coefficient (Wildman–Crippen LogP) is 6.02. The third-order valence-corrected chi connectivity index (χ3v) is 6.51. The number of hydrogen-bond acceptors (Lipinski definition) is 5. The lowest BCUT2D eigenvalue weighted by molar-refractivity contribution is 0.0985. The van der Waals surface area contributed by atoms with E-state index < -0.39 is 0 Å². The van der Waals surface area contributed by atoms with Crippen molar-refractivity contribution in [2.24, 2.45) is 0 Å². The average Bonchev–Trinajstić information content (AvgIpc) is 3.16. The first-order valence-electron chi connectivity index (χ1n) is 8.55. The molecule has 0 N–H and O–H groups in total. The Morgan fingerprint density at radius 1 is 1.18 bits per heavy atom. The van der Waals surface area contributed by atoms with Crippen molar-refractivity contribution >= 4 is 60.3 Å². The maximum Gasteiger partial charge on any atom is 0.260 e. The van der Waals surface area contributed by atoms with E-state index in [0.717, 1.165) is 25.1 Å². The first kappa shape index (κ1) is 19.1. The van der Waals surface area contributed by atoms with E-state index in [9.17, 15) is 4.79 Å². The molecule has 0 bridgehead atoms. The molecule has 0 fully saturated rings. The molecule has 1 amide bonds. The van der Waals surface area contributed by atoms with Crippen LogP contribution < -0.4 is 4.90 Å². The molecule has 0 aliphatic carbocycles. The number of amides is 1. The molecule has 0 aliphatic heterocycles. The van der Waals surface area contributed by atoms with Crippen molar-refractivity contribution in [1.29, 1.82) is 0 Å². The molecule has 2 heterocycles. The molecular weight excluding hydrogens is 454 g/mol. The minimum Gasteiger partial charge on any atom is -0.279 e. The van der Waals surface area contributed by atoms with Gasteiger partial charge in [-0.25, -0.2) is 4.98 Å². The molecule has 0 saturated heterocycles. The zero-order valence-corrected chi connectivity index (χ0v) is 18.2. The maximum atomic E-state index is 13.4. The normalized spacial score (nSPS) is 10.9. The summed E-state index contributed by atoms with van der Waals surface area (Å²) in [4.78, 5) is 25.2. The standard InChI is InChI=1S/C21H16BrN3OS2/c1-27-17-8-3-9-18-19(17)24-21(28-18)25(13-14-5-4-10-23-12-14)20(26)15-6-2-7-16(22)11-15/h2-12H,13H2,1H3. The minimum atomic E-state index is -0.0880. The molecule has 2 aromatic heterocycles. The van der Waals surface area contributed by atoms with Crippen LogP contribution in [0.4, 0.5) is 5.13 Å². The lowest BCUT2D eigenvalue weighted by atomic mass is 10.2. The highest BCUT2D eigenvalue weighted by molar-refractivity contribution is 9.10. The molecule has 0 spiro atoms. The van der Waals surface area contributed by atoms with Crippen molar-refractivity contribution in [1.82, 2.24) is 9.97 Å². The zero-order valence-electron chi connectivity index (χ0n) is 15.0. The molecule has 4 rings (SSSR count). The molecule has 0 unspecified atom stereocenters. The maximum absolute atomic E-state index is 13.4. The highest BCUT2D eigenvalue weighted by Crippen LogP contribution is 2.35. The smallest absolute Gasteiger partial charge is 0.260 e. The number of rotatable bonds is 5. The van der Waals surface area contributed by atoms with E-state index in [4.69, 9.17) is 4.98 Å². The zero-order chi connectivity index (χ0) is 19.5. The van der Waals surface area contributed by atoms with Gasteiger partial charge in [0.2, 0.25) is 0 Å². The Morgan fingerprint density at radius 2 is 2.04 bits per heavy atom. The van der Waals surface area contributed by atoms with E-state index in [2.05, 4.69) is 27.0 Å². The number of pyridine rings is 1. The fourth-order valence-corrected chi connectivity index (χ4v) is 4.89. The molecule has 0 radical (unpaired) electrons. The number of benzene rings is 2. The Labute approximate surface area is 179 Å². The first-order chi connectivity index (χ1) is 13.7. The van der Waals surface area contributed by atoms with Gasteiger partial charge in [0.15, 0.2) is 5.13 Å². The van der Waals surface area contributed by atoms with Gasteiger partial charge in [0.25, 0.3) is 5.91 Å². The van der Waals surface area contributed by atoms with Crippen molar-refractivity contribution in [2.45, 2.75) is 11.4 Å². The van der Waals surface area contributed by atoms with Crippen LogP contribution in [0.5, 0.6) is 0 Å². The second-order valence-corrected chi connectivity index (χ2v) is 8.84. The van der Waals surface area contributed by atoms with Gasteiger partial charge in [-0.1, -0.05) is 45.5 Å². The highest BCUT2D eigenvalue weighted by atomic mass is 79.9. The number of thiazole rings is 1. The van der Waals surface area contributed by atoms with Crippen LogP contribution in [-0.4, -0.2) is 22.1 Å². The number of carbonyl (C=O) groups is 1. The molecule has 140 valence electrons. The van der Waals surface area contributed by atoms with Gasteiger partial charge in [0.05, 0.1) is 16.8 Å². The van der Waals surface area contributed by atoms with Crippen molar-refractivity contribution in [2.75, 3.05) is 11.2 Å². The minimum absolute atomic E-state index is 0.0880. The summed E-state index contributed by atoms with van der Waals surface area (Å²) < 4.78 is 1.94. The van der Waals surface area contributed by atoms with Gasteiger partial charge in [0, 0.05) is 27.3 Å². The highest BCUT2D eigenvalue weighted by Gasteiger charge is 2.22. The molecule has 28 heavy (non-hydrogen) atoms. The van der Waals surface area contributed by atoms with E-state index in [1.54, 1.807) is 29.1 Å². The SMILES string of the molecule is CSc1cccc2sc(N(Cc3cccnc3)C(=O)c3cccc(Br)c3)nc12. The largest absolute Gasteiger partial charge is 0.279 e. The summed E-state index contributed by atoms with van der Waals surface area (Å²) in [7, 11) is 0. The molecule has 0 aliphatic rings. The number of anilines is 1. The number of para-hydroxylation sites is 1. The Bertz CT molecular complexity index is 1130. The Kier molecular flexibility index (Phi) is 5.75. The summed E-state index contributed by atoms with van der Waals surface area (Å²) in [5.74, 6) is -0.0880. The van der Waals surface area contributed by atoms with E-state index >= 15 is 0 Å². The fraction of sp³-hybridized carbons (Fsp3) is 0.0952. The van der Waals surface area contributed by atoms with Gasteiger partial charge in [-0.2, -0.15) is 0 Å². The molecule has 4 aromatic rings. The quantitative estimate of drug-likeness (QED) is 0.335. The second kappa shape index (κ2) is 8.43. The Hall–Kier alpha value is -2.22. The van der Waals surface area contributed by atoms with Gasteiger partial charge in [-0.05, 0) is 48.2 Å². The average molecular weight is 470 g/mol. The van der Waals surface area contributed by atoms with Crippen molar-refractivity contribution in [3.05, 3.63) is 82.6 Å². The summed E-state index contributed by atoms with van der Waals surface area (Å²) in [5, 5.41) is 0.685. The van der Waals surface area contributed by atoms with Gasteiger partial charge in [-0.3, -0.25) is 14.7 Å². The number of nitrogens with zero attached hydrogens (tertiary/aromatic N) is 3. The summed E-state index contributed by atoms with van der Waals surface area (Å²) >= 11 is 6.64. The van der Waals surface area contributed by atoms with Crippen LogP contribution in [0.2, 0.25) is 0 Å². The van der Waals surface area contributed by atoms with Crippen molar-refractivity contribution < 1.29 is 4.79 Å². The summed E-state index contributed by atoms with van der Waals surface area (Å²) in [6.07, 6.45) is 5.54. The number of fused-ring (bicyclic) bond motifs is 1. The van der Waals surface area contributed by atoms with Crippen LogP contribution in [0.25, 0.3) is 10.2 Å². The van der Waals surface area contributed by atoms with Gasteiger partial charge in [0.1, 0.15) is 0 Å². The Morgan fingerprint density at radius 3 is 2.79 bits per heavy atom. The van der Waals surface area contributed by atoms with Crippen LogP contribution in [0.3, 0.4) is 0 Å². The van der Waals surface area contributed by atoms with Crippen molar-refractivity contribution in [3.8, 4) is 0 Å². The molecule has 0 saturated carbocycles.